The predicted octanol–water partition coefficient (Wildman–Crippen LogP) is 3.46. The molecule has 3 rings (SSSR count). The minimum atomic E-state index is 0.321. The van der Waals surface area contributed by atoms with Crippen LogP contribution in [-0.4, -0.2) is 32.9 Å². The third-order valence-corrected chi connectivity index (χ3v) is 3.71. The first-order chi connectivity index (χ1) is 11.2. The van der Waals surface area contributed by atoms with Crippen LogP contribution >= 0.6 is 0 Å². The molecule has 0 spiro atoms. The molecule has 120 valence electrons. The van der Waals surface area contributed by atoms with E-state index in [1.807, 2.05) is 25.3 Å². The maximum absolute atomic E-state index is 5.80. The molecule has 0 aliphatic heterocycles. The lowest BCUT2D eigenvalue weighted by Gasteiger charge is -2.19. The summed E-state index contributed by atoms with van der Waals surface area (Å²) in [4.78, 5) is 15.1. The van der Waals surface area contributed by atoms with E-state index in [2.05, 4.69) is 38.2 Å². The Bertz CT molecular complexity index is 784. The van der Waals surface area contributed by atoms with E-state index in [-0.39, 0.29) is 0 Å². The van der Waals surface area contributed by atoms with Gasteiger partial charge in [-0.25, -0.2) is 15.0 Å². The molecular formula is C17H21N5O. The number of anilines is 1. The quantitative estimate of drug-likeness (QED) is 0.698. The summed E-state index contributed by atoms with van der Waals surface area (Å²) in [5.41, 5.74) is 1.75. The Morgan fingerprint density at radius 1 is 1.22 bits per heavy atom. The fraction of sp³-hybridized carbons (Fsp3) is 0.353. The fourth-order valence-corrected chi connectivity index (χ4v) is 2.62. The van der Waals surface area contributed by atoms with Crippen molar-refractivity contribution in [3.05, 3.63) is 42.5 Å². The van der Waals surface area contributed by atoms with E-state index < -0.39 is 0 Å². The average Bonchev–Trinajstić information content (AvgIpc) is 2.91. The lowest BCUT2D eigenvalue weighted by atomic mass is 10.3. The zero-order chi connectivity index (χ0) is 16.2. The summed E-state index contributed by atoms with van der Waals surface area (Å²) in [7, 11) is 2.10. The Labute approximate surface area is 135 Å². The number of hydrogen-bond donors (Lipinski definition) is 0. The maximum Gasteiger partial charge on any atom is 0.321 e. The van der Waals surface area contributed by atoms with Gasteiger partial charge < -0.3 is 9.64 Å². The molecule has 0 aliphatic carbocycles. The summed E-state index contributed by atoms with van der Waals surface area (Å²) >= 11 is 0. The predicted molar refractivity (Wildman–Crippen MR) is 90.2 cm³/mol. The standard InChI is InChI=1S/C17H21N5O/c1-4-5-11-21(3)16-13(2)20-15-14(8-6-12-22(15)16)23-17-18-9-7-10-19-17/h6-10,12H,4-5,11H2,1-3H3. The third-order valence-electron chi connectivity index (χ3n) is 3.71. The van der Waals surface area contributed by atoms with Crippen molar-refractivity contribution in [1.29, 1.82) is 0 Å². The van der Waals surface area contributed by atoms with Gasteiger partial charge in [0.15, 0.2) is 11.4 Å². The maximum atomic E-state index is 5.80. The molecule has 0 amide bonds. The molecule has 0 unspecified atom stereocenters. The first kappa shape index (κ1) is 15.3. The minimum absolute atomic E-state index is 0.321. The Morgan fingerprint density at radius 3 is 2.74 bits per heavy atom. The van der Waals surface area contributed by atoms with E-state index in [1.165, 1.54) is 6.42 Å². The second-order valence-corrected chi connectivity index (χ2v) is 5.50. The molecule has 0 bridgehead atoms. The number of aromatic nitrogens is 4. The molecule has 23 heavy (non-hydrogen) atoms. The van der Waals surface area contributed by atoms with Gasteiger partial charge in [-0.05, 0) is 31.5 Å². The molecule has 0 saturated heterocycles. The highest BCUT2D eigenvalue weighted by Crippen LogP contribution is 2.29. The van der Waals surface area contributed by atoms with Crippen LogP contribution in [0.3, 0.4) is 0 Å². The van der Waals surface area contributed by atoms with Crippen molar-refractivity contribution < 1.29 is 4.74 Å². The minimum Gasteiger partial charge on any atom is -0.420 e. The van der Waals surface area contributed by atoms with Crippen LogP contribution in [0.1, 0.15) is 25.5 Å². The van der Waals surface area contributed by atoms with Crippen molar-refractivity contribution in [3.63, 3.8) is 0 Å². The fourth-order valence-electron chi connectivity index (χ4n) is 2.62. The number of aryl methyl sites for hydroxylation is 1. The van der Waals surface area contributed by atoms with Crippen molar-refractivity contribution in [2.45, 2.75) is 26.7 Å². The van der Waals surface area contributed by atoms with Crippen molar-refractivity contribution in [2.75, 3.05) is 18.5 Å². The Kier molecular flexibility index (Phi) is 4.41. The molecule has 6 heteroatoms. The van der Waals surface area contributed by atoms with Crippen molar-refractivity contribution in [3.8, 4) is 11.8 Å². The molecule has 0 atom stereocenters. The number of hydrogen-bond acceptors (Lipinski definition) is 5. The number of fused-ring (bicyclic) bond motifs is 1. The summed E-state index contributed by atoms with van der Waals surface area (Å²) in [6.07, 6.45) is 7.63. The van der Waals surface area contributed by atoms with Gasteiger partial charge in [-0.3, -0.25) is 4.40 Å². The Balaban J connectivity index is 1.99. The highest BCUT2D eigenvalue weighted by atomic mass is 16.5. The van der Waals surface area contributed by atoms with E-state index in [0.29, 0.717) is 11.8 Å². The van der Waals surface area contributed by atoms with E-state index >= 15 is 0 Å². The van der Waals surface area contributed by atoms with Crippen LogP contribution in [-0.2, 0) is 0 Å². The molecule has 0 radical (unpaired) electrons. The average molecular weight is 311 g/mol. The summed E-state index contributed by atoms with van der Waals surface area (Å²) in [6.45, 7) is 5.21. The number of nitrogens with zero attached hydrogens (tertiary/aromatic N) is 5. The van der Waals surface area contributed by atoms with E-state index in [1.54, 1.807) is 18.5 Å². The van der Waals surface area contributed by atoms with Gasteiger partial charge in [0.2, 0.25) is 0 Å². The van der Waals surface area contributed by atoms with Gasteiger partial charge in [-0.2, -0.15) is 0 Å². The zero-order valence-corrected chi connectivity index (χ0v) is 13.7. The number of unbranched alkanes of at least 4 members (excludes halogenated alkanes) is 1. The Morgan fingerprint density at radius 2 is 2.00 bits per heavy atom. The number of pyridine rings is 1. The van der Waals surface area contributed by atoms with Gasteiger partial charge in [0.05, 0.1) is 5.69 Å². The van der Waals surface area contributed by atoms with Crippen LogP contribution < -0.4 is 9.64 Å². The van der Waals surface area contributed by atoms with E-state index in [9.17, 15) is 0 Å². The molecule has 6 nitrogen and oxygen atoms in total. The van der Waals surface area contributed by atoms with E-state index in [4.69, 9.17) is 4.74 Å². The zero-order valence-electron chi connectivity index (χ0n) is 13.7. The molecule has 3 aromatic rings. The summed E-state index contributed by atoms with van der Waals surface area (Å²) in [5, 5.41) is 0. The summed E-state index contributed by atoms with van der Waals surface area (Å²) < 4.78 is 7.86. The van der Waals surface area contributed by atoms with Crippen LogP contribution in [0.2, 0.25) is 0 Å². The number of imidazole rings is 1. The topological polar surface area (TPSA) is 55.5 Å². The van der Waals surface area contributed by atoms with Crippen LogP contribution in [0.25, 0.3) is 5.65 Å². The lowest BCUT2D eigenvalue weighted by molar-refractivity contribution is 0.443. The van der Waals surface area contributed by atoms with Crippen molar-refractivity contribution in [1.82, 2.24) is 19.4 Å². The molecular weight excluding hydrogens is 290 g/mol. The van der Waals surface area contributed by atoms with Crippen molar-refractivity contribution in [2.24, 2.45) is 0 Å². The first-order valence-electron chi connectivity index (χ1n) is 7.84. The molecule has 3 heterocycles. The van der Waals surface area contributed by atoms with Crippen LogP contribution in [0.15, 0.2) is 36.8 Å². The normalized spacial score (nSPS) is 10.9. The molecule has 0 saturated carbocycles. The van der Waals surface area contributed by atoms with Gasteiger partial charge in [0.1, 0.15) is 5.82 Å². The van der Waals surface area contributed by atoms with E-state index in [0.717, 1.165) is 30.1 Å². The van der Waals surface area contributed by atoms with Gasteiger partial charge in [-0.15, -0.1) is 0 Å². The second kappa shape index (κ2) is 6.64. The van der Waals surface area contributed by atoms with Gasteiger partial charge in [0.25, 0.3) is 0 Å². The van der Waals surface area contributed by atoms with Gasteiger partial charge >= 0.3 is 6.01 Å². The summed E-state index contributed by atoms with van der Waals surface area (Å²) in [6, 6.07) is 5.91. The van der Waals surface area contributed by atoms with Crippen LogP contribution in [0.5, 0.6) is 11.8 Å². The monoisotopic (exact) mass is 311 g/mol. The highest BCUT2D eigenvalue weighted by Gasteiger charge is 2.16. The third kappa shape index (κ3) is 3.11. The summed E-state index contributed by atoms with van der Waals surface area (Å²) in [5.74, 6) is 1.74. The smallest absolute Gasteiger partial charge is 0.321 e. The number of rotatable bonds is 6. The van der Waals surface area contributed by atoms with Gasteiger partial charge in [-0.1, -0.05) is 13.3 Å². The van der Waals surface area contributed by atoms with Crippen molar-refractivity contribution >= 4 is 11.5 Å². The number of ether oxygens (including phenoxy) is 1. The Hall–Kier alpha value is -2.63. The van der Waals surface area contributed by atoms with Crippen LogP contribution in [0, 0.1) is 6.92 Å². The largest absolute Gasteiger partial charge is 0.420 e. The highest BCUT2D eigenvalue weighted by molar-refractivity contribution is 5.63. The first-order valence-corrected chi connectivity index (χ1v) is 7.84. The van der Waals surface area contributed by atoms with Crippen LogP contribution in [0.4, 0.5) is 5.82 Å². The second-order valence-electron chi connectivity index (χ2n) is 5.50. The lowest BCUT2D eigenvalue weighted by Crippen LogP contribution is -2.20. The SMILES string of the molecule is CCCCN(C)c1c(C)nc2c(Oc3ncccn3)cccn12. The molecule has 0 aliphatic rings. The molecule has 3 aromatic heterocycles. The molecule has 0 aromatic carbocycles. The van der Waals surface area contributed by atoms with Gasteiger partial charge in [0, 0.05) is 32.2 Å². The molecule has 0 N–H and O–H groups in total. The molecule has 0 fully saturated rings.